The molecule has 0 spiro atoms. The maximum absolute atomic E-state index is 11.6. The number of Topliss-reactive ketones (excluding diaryl/α,β-unsaturated/α-hetero) is 1. The van der Waals surface area contributed by atoms with Crippen LogP contribution in [0.5, 0.6) is 0 Å². The van der Waals surface area contributed by atoms with Gasteiger partial charge in [0.25, 0.3) is 0 Å². The number of para-hydroxylation sites is 1. The summed E-state index contributed by atoms with van der Waals surface area (Å²) in [5.74, 6) is -3.30. The molecule has 0 bridgehead atoms. The Morgan fingerprint density at radius 1 is 1.24 bits per heavy atom. The second kappa shape index (κ2) is 5.79. The van der Waals surface area contributed by atoms with Crippen molar-refractivity contribution in [2.24, 2.45) is 5.92 Å². The van der Waals surface area contributed by atoms with Gasteiger partial charge in [-0.25, -0.2) is 0 Å². The van der Waals surface area contributed by atoms with E-state index in [1.54, 1.807) is 30.3 Å². The van der Waals surface area contributed by atoms with E-state index in [9.17, 15) is 14.4 Å². The molecule has 5 nitrogen and oxygen atoms in total. The van der Waals surface area contributed by atoms with Crippen LogP contribution in [0.25, 0.3) is 0 Å². The Kier molecular flexibility index (Phi) is 4.39. The molecule has 0 saturated heterocycles. The first-order valence-corrected chi connectivity index (χ1v) is 5.11. The van der Waals surface area contributed by atoms with Gasteiger partial charge in [-0.15, -0.1) is 0 Å². The molecule has 5 heteroatoms. The van der Waals surface area contributed by atoms with Crippen molar-refractivity contribution in [1.29, 1.82) is 0 Å². The van der Waals surface area contributed by atoms with Crippen molar-refractivity contribution in [1.82, 2.24) is 0 Å². The maximum Gasteiger partial charge on any atom is 0.310 e. The number of hydrogen-bond acceptors (Lipinski definition) is 3. The van der Waals surface area contributed by atoms with Gasteiger partial charge in [0.2, 0.25) is 5.91 Å². The van der Waals surface area contributed by atoms with Gasteiger partial charge in [-0.1, -0.05) is 18.2 Å². The summed E-state index contributed by atoms with van der Waals surface area (Å²) in [7, 11) is 0. The molecule has 0 aliphatic rings. The molecule has 0 aliphatic heterocycles. The lowest BCUT2D eigenvalue weighted by molar-refractivity contribution is -0.141. The number of carboxylic acids is 1. The fourth-order valence-corrected chi connectivity index (χ4v) is 1.22. The fraction of sp³-hybridized carbons (Fsp3) is 0.250. The molecule has 0 saturated carbocycles. The zero-order valence-electron chi connectivity index (χ0n) is 9.34. The molecule has 0 radical (unpaired) electrons. The number of ketones is 1. The number of nitrogens with one attached hydrogen (secondary N) is 1. The number of benzene rings is 1. The van der Waals surface area contributed by atoms with Crippen LogP contribution >= 0.6 is 0 Å². The predicted octanol–water partition coefficient (Wildman–Crippen LogP) is 1.30. The van der Waals surface area contributed by atoms with Gasteiger partial charge < -0.3 is 10.4 Å². The largest absolute Gasteiger partial charge is 0.481 e. The van der Waals surface area contributed by atoms with E-state index in [1.807, 2.05) is 0 Å². The number of hydrogen-bond donors (Lipinski definition) is 2. The van der Waals surface area contributed by atoms with Crippen molar-refractivity contribution in [2.45, 2.75) is 13.3 Å². The van der Waals surface area contributed by atoms with Crippen LogP contribution < -0.4 is 5.32 Å². The number of carbonyl (C=O) groups excluding carboxylic acids is 2. The topological polar surface area (TPSA) is 83.5 Å². The van der Waals surface area contributed by atoms with E-state index in [0.717, 1.165) is 0 Å². The Hall–Kier alpha value is -2.17. The number of carbonyl (C=O) groups is 3. The zero-order valence-corrected chi connectivity index (χ0v) is 9.34. The Balaban J connectivity index is 2.59. The molecule has 90 valence electrons. The third kappa shape index (κ3) is 4.06. The molecular formula is C12H13NO4. The molecular weight excluding hydrogens is 222 g/mol. The third-order valence-corrected chi connectivity index (χ3v) is 2.24. The van der Waals surface area contributed by atoms with Crippen molar-refractivity contribution < 1.29 is 19.5 Å². The summed E-state index contributed by atoms with van der Waals surface area (Å²) in [6.45, 7) is 1.39. The van der Waals surface area contributed by atoms with Crippen molar-refractivity contribution in [3.63, 3.8) is 0 Å². The van der Waals surface area contributed by atoms with E-state index in [0.29, 0.717) is 5.69 Å². The number of carboxylic acid groups (broad SMARTS) is 1. The summed E-state index contributed by atoms with van der Waals surface area (Å²) in [4.78, 5) is 33.3. The highest BCUT2D eigenvalue weighted by atomic mass is 16.4. The van der Waals surface area contributed by atoms with Gasteiger partial charge in [0.1, 0.15) is 6.42 Å². The van der Waals surface area contributed by atoms with Crippen LogP contribution in [-0.4, -0.2) is 22.8 Å². The van der Waals surface area contributed by atoms with Crippen molar-refractivity contribution in [3.05, 3.63) is 30.3 Å². The number of amides is 1. The van der Waals surface area contributed by atoms with Crippen LogP contribution in [0.1, 0.15) is 13.3 Å². The van der Waals surface area contributed by atoms with Gasteiger partial charge in [0, 0.05) is 5.69 Å². The van der Waals surface area contributed by atoms with Crippen LogP contribution in [0.3, 0.4) is 0 Å². The van der Waals surface area contributed by atoms with E-state index in [4.69, 9.17) is 5.11 Å². The second-order valence-electron chi connectivity index (χ2n) is 3.61. The lowest BCUT2D eigenvalue weighted by Crippen LogP contribution is -2.28. The van der Waals surface area contributed by atoms with Gasteiger partial charge in [0.15, 0.2) is 5.78 Å². The molecule has 1 rings (SSSR count). The standard InChI is InChI=1S/C12H13NO4/c1-8(10(14)7-11(15)16)12(17)13-9-5-3-2-4-6-9/h2-6,8H,7H2,1H3,(H,13,17)(H,15,16). The first-order valence-electron chi connectivity index (χ1n) is 5.11. The van der Waals surface area contributed by atoms with Crippen LogP contribution in [0, 0.1) is 5.92 Å². The van der Waals surface area contributed by atoms with E-state index in [1.165, 1.54) is 6.92 Å². The van der Waals surface area contributed by atoms with Gasteiger partial charge >= 0.3 is 5.97 Å². The Bertz CT molecular complexity index is 427. The highest BCUT2D eigenvalue weighted by Gasteiger charge is 2.23. The maximum atomic E-state index is 11.6. The smallest absolute Gasteiger partial charge is 0.310 e. The van der Waals surface area contributed by atoms with Crippen LogP contribution in [0.15, 0.2) is 30.3 Å². The molecule has 1 atom stereocenters. The third-order valence-electron chi connectivity index (χ3n) is 2.24. The van der Waals surface area contributed by atoms with Crippen molar-refractivity contribution in [2.75, 3.05) is 5.32 Å². The average Bonchev–Trinajstić information content (AvgIpc) is 2.28. The first-order chi connectivity index (χ1) is 8.00. The molecule has 1 unspecified atom stereocenters. The molecule has 2 N–H and O–H groups in total. The summed E-state index contributed by atoms with van der Waals surface area (Å²) in [5, 5.41) is 11.0. The lowest BCUT2D eigenvalue weighted by Gasteiger charge is -2.10. The molecule has 1 aromatic rings. The average molecular weight is 235 g/mol. The van der Waals surface area contributed by atoms with Crippen molar-refractivity contribution in [3.8, 4) is 0 Å². The molecule has 1 aromatic carbocycles. The molecule has 17 heavy (non-hydrogen) atoms. The molecule has 0 heterocycles. The molecule has 1 amide bonds. The minimum atomic E-state index is -1.23. The van der Waals surface area contributed by atoms with E-state index in [2.05, 4.69) is 5.32 Å². The number of anilines is 1. The van der Waals surface area contributed by atoms with Gasteiger partial charge in [0.05, 0.1) is 5.92 Å². The summed E-state index contributed by atoms with van der Waals surface area (Å²) in [6, 6.07) is 8.67. The Labute approximate surface area is 98.4 Å². The van der Waals surface area contributed by atoms with E-state index in [-0.39, 0.29) is 0 Å². The summed E-state index contributed by atoms with van der Waals surface area (Å²) in [5.41, 5.74) is 0.576. The van der Waals surface area contributed by atoms with Crippen LogP contribution in [0.2, 0.25) is 0 Å². The lowest BCUT2D eigenvalue weighted by atomic mass is 10.0. The highest BCUT2D eigenvalue weighted by Crippen LogP contribution is 2.09. The summed E-state index contributed by atoms with van der Waals surface area (Å²) in [6.07, 6.45) is -0.636. The number of rotatable bonds is 5. The second-order valence-corrected chi connectivity index (χ2v) is 3.61. The minimum Gasteiger partial charge on any atom is -0.481 e. The predicted molar refractivity (Wildman–Crippen MR) is 61.5 cm³/mol. The van der Waals surface area contributed by atoms with Crippen molar-refractivity contribution >= 4 is 23.3 Å². The Morgan fingerprint density at radius 3 is 2.35 bits per heavy atom. The first kappa shape index (κ1) is 12.9. The normalized spacial score (nSPS) is 11.6. The van der Waals surface area contributed by atoms with Crippen LogP contribution in [0.4, 0.5) is 5.69 Å². The summed E-state index contributed by atoms with van der Waals surface area (Å²) < 4.78 is 0. The quantitative estimate of drug-likeness (QED) is 0.753. The molecule has 0 aliphatic carbocycles. The van der Waals surface area contributed by atoms with E-state index < -0.39 is 30.0 Å². The van der Waals surface area contributed by atoms with Crippen LogP contribution in [-0.2, 0) is 14.4 Å². The monoisotopic (exact) mass is 235 g/mol. The Morgan fingerprint density at radius 2 is 1.82 bits per heavy atom. The summed E-state index contributed by atoms with van der Waals surface area (Å²) >= 11 is 0. The molecule has 0 aromatic heterocycles. The van der Waals surface area contributed by atoms with Gasteiger partial charge in [-0.2, -0.15) is 0 Å². The highest BCUT2D eigenvalue weighted by molar-refractivity contribution is 6.10. The number of aliphatic carboxylic acids is 1. The van der Waals surface area contributed by atoms with Gasteiger partial charge in [-0.05, 0) is 19.1 Å². The zero-order chi connectivity index (χ0) is 12.8. The fourth-order valence-electron chi connectivity index (χ4n) is 1.22. The SMILES string of the molecule is CC(C(=O)CC(=O)O)C(=O)Nc1ccccc1. The van der Waals surface area contributed by atoms with Gasteiger partial charge in [-0.3, -0.25) is 14.4 Å². The minimum absolute atomic E-state index is 0.498. The molecule has 0 fully saturated rings. The van der Waals surface area contributed by atoms with E-state index >= 15 is 0 Å².